The highest BCUT2D eigenvalue weighted by atomic mass is 35.5. The molecular weight excluding hydrogens is 628 g/mol. The molecule has 0 fully saturated rings. The van der Waals surface area contributed by atoms with Crippen LogP contribution in [0.5, 0.6) is 5.75 Å². The van der Waals surface area contributed by atoms with Crippen LogP contribution in [0, 0.1) is 10.1 Å². The molecular formula is C31H30ClN10O5+. The monoisotopic (exact) mass is 657 g/mol. The maximum atomic E-state index is 12.7. The van der Waals surface area contributed by atoms with Crippen LogP contribution in [0.1, 0.15) is 12.1 Å². The van der Waals surface area contributed by atoms with Crippen LogP contribution in [0.2, 0.25) is 5.02 Å². The first kappa shape index (κ1) is 32.6. The molecule has 0 bridgehead atoms. The van der Waals surface area contributed by atoms with Crippen molar-refractivity contribution >= 4 is 57.4 Å². The largest absolute Gasteiger partial charge is 0.486 e. The predicted octanol–water partition coefficient (Wildman–Crippen LogP) is 3.79. The summed E-state index contributed by atoms with van der Waals surface area (Å²) in [6, 6.07) is 12.5. The van der Waals surface area contributed by atoms with Gasteiger partial charge >= 0.3 is 5.82 Å². The van der Waals surface area contributed by atoms with Crippen LogP contribution in [-0.4, -0.2) is 74.1 Å². The Morgan fingerprint density at radius 3 is 2.70 bits per heavy atom. The minimum Gasteiger partial charge on any atom is -0.486 e. The molecule has 16 heteroatoms. The zero-order valence-corrected chi connectivity index (χ0v) is 26.1. The number of rotatable bonds is 13. The predicted molar refractivity (Wildman–Crippen MR) is 176 cm³/mol. The molecule has 1 aliphatic heterocycles. The molecule has 4 N–H and O–H groups in total. The highest BCUT2D eigenvalue weighted by molar-refractivity contribution is 6.39. The lowest BCUT2D eigenvalue weighted by Gasteiger charge is -2.28. The molecule has 2 amide bonds. The lowest BCUT2D eigenvalue weighted by molar-refractivity contribution is -0.880. The number of hydrogen-bond acceptors (Lipinski definition) is 11. The summed E-state index contributed by atoms with van der Waals surface area (Å²) in [6.07, 6.45) is 7.64. The third kappa shape index (κ3) is 8.47. The van der Waals surface area contributed by atoms with Gasteiger partial charge < -0.3 is 35.7 Å². The number of nitrogens with two attached hydrogens (primary N) is 1. The Morgan fingerprint density at radius 1 is 1.15 bits per heavy atom. The summed E-state index contributed by atoms with van der Waals surface area (Å²) in [5.74, 6) is -0.334. The van der Waals surface area contributed by atoms with E-state index >= 15 is 0 Å². The van der Waals surface area contributed by atoms with Crippen LogP contribution in [0.25, 0.3) is 10.9 Å². The summed E-state index contributed by atoms with van der Waals surface area (Å²) in [5, 5.41) is 18.4. The molecule has 4 aromatic rings. The number of pyridine rings is 2. The minimum atomic E-state index is -0.792. The van der Waals surface area contributed by atoms with E-state index in [0.29, 0.717) is 45.3 Å². The smallest absolute Gasteiger partial charge is 0.369 e. The minimum absolute atomic E-state index is 0.0190. The normalized spacial score (nSPS) is 13.1. The second-order valence-electron chi connectivity index (χ2n) is 11.1. The molecule has 1 aromatic carbocycles. The van der Waals surface area contributed by atoms with E-state index in [1.807, 2.05) is 32.3 Å². The number of quaternary nitrogens is 1. The van der Waals surface area contributed by atoms with E-state index in [-0.39, 0.29) is 41.4 Å². The number of aliphatic imine (C=N–C) groups is 1. The lowest BCUT2D eigenvalue weighted by Crippen LogP contribution is -2.41. The highest BCUT2D eigenvalue weighted by Crippen LogP contribution is 2.31. The fourth-order valence-electron chi connectivity index (χ4n) is 4.76. The van der Waals surface area contributed by atoms with Crippen molar-refractivity contribution in [1.82, 2.24) is 19.9 Å². The van der Waals surface area contributed by atoms with Crippen molar-refractivity contribution in [3.63, 3.8) is 0 Å². The first-order chi connectivity index (χ1) is 22.5. The first-order valence-electron chi connectivity index (χ1n) is 14.2. The molecule has 240 valence electrons. The van der Waals surface area contributed by atoms with Crippen molar-refractivity contribution < 1.29 is 23.7 Å². The summed E-state index contributed by atoms with van der Waals surface area (Å²) >= 11 is 6.48. The van der Waals surface area contributed by atoms with E-state index in [4.69, 9.17) is 22.1 Å². The van der Waals surface area contributed by atoms with Crippen LogP contribution in [-0.2, 0) is 16.2 Å². The van der Waals surface area contributed by atoms with Crippen LogP contribution >= 0.6 is 11.6 Å². The molecule has 0 aliphatic carbocycles. The van der Waals surface area contributed by atoms with Crippen LogP contribution in [0.3, 0.4) is 0 Å². The zero-order chi connectivity index (χ0) is 33.6. The molecule has 0 saturated carbocycles. The van der Waals surface area contributed by atoms with E-state index in [2.05, 4.69) is 35.6 Å². The van der Waals surface area contributed by atoms with Gasteiger partial charge in [-0.25, -0.2) is 15.0 Å². The van der Waals surface area contributed by atoms with Gasteiger partial charge in [-0.05, 0) is 52.4 Å². The Labute approximate surface area is 273 Å². The maximum Gasteiger partial charge on any atom is 0.369 e. The van der Waals surface area contributed by atoms with Crippen LogP contribution in [0.4, 0.5) is 17.3 Å². The number of hydrogen-bond donors (Lipinski definition) is 3. The van der Waals surface area contributed by atoms with Crippen molar-refractivity contribution in [2.45, 2.75) is 13.0 Å². The van der Waals surface area contributed by atoms with Crippen LogP contribution in [0.15, 0.2) is 89.7 Å². The molecule has 0 atom stereocenters. The summed E-state index contributed by atoms with van der Waals surface area (Å²) in [5.41, 5.74) is 7.60. The van der Waals surface area contributed by atoms with Gasteiger partial charge in [0.2, 0.25) is 11.6 Å². The number of nitrogens with zero attached hydrogens (tertiary/aromatic N) is 7. The van der Waals surface area contributed by atoms with Gasteiger partial charge in [-0.1, -0.05) is 17.7 Å². The molecule has 4 heterocycles. The number of amides is 2. The van der Waals surface area contributed by atoms with Crippen molar-refractivity contribution in [3.05, 3.63) is 106 Å². The number of aromatic nitrogens is 4. The third-order valence-electron chi connectivity index (χ3n) is 6.95. The lowest BCUT2D eigenvalue weighted by atomic mass is 10.1. The SMILES string of the molecule is C[N+](C)(C/C=C/C(=O)Nc1cc2c(Nc3ccc(OCc4ccccn4)c(Cl)c3)ncnc2cn1)CC1=C([N+](=O)[O-])N=C(C(N)=O)C1. The number of fused-ring (bicyclic) bond motifs is 1. The average Bonchev–Trinajstić information content (AvgIpc) is 3.45. The number of benzene rings is 1. The summed E-state index contributed by atoms with van der Waals surface area (Å²) in [6.45, 7) is 0.863. The van der Waals surface area contributed by atoms with Crippen molar-refractivity contribution in [1.29, 1.82) is 0 Å². The Hall–Kier alpha value is -5.80. The van der Waals surface area contributed by atoms with Gasteiger partial charge in [-0.2, -0.15) is 0 Å². The van der Waals surface area contributed by atoms with Gasteiger partial charge in [0.1, 0.15) is 36.9 Å². The molecule has 0 saturated heterocycles. The van der Waals surface area contributed by atoms with Gasteiger partial charge in [-0.15, -0.1) is 0 Å². The van der Waals surface area contributed by atoms with Crippen LogP contribution < -0.4 is 21.1 Å². The first-order valence-corrected chi connectivity index (χ1v) is 14.6. The van der Waals surface area contributed by atoms with E-state index in [1.165, 1.54) is 18.6 Å². The van der Waals surface area contributed by atoms with E-state index in [1.54, 1.807) is 36.5 Å². The van der Waals surface area contributed by atoms with E-state index < -0.39 is 16.7 Å². The fourth-order valence-corrected chi connectivity index (χ4v) is 4.99. The van der Waals surface area contributed by atoms with Crippen molar-refractivity contribution in [3.8, 4) is 5.75 Å². The summed E-state index contributed by atoms with van der Waals surface area (Å²) in [4.78, 5) is 55.9. The van der Waals surface area contributed by atoms with E-state index in [0.717, 1.165) is 5.69 Å². The molecule has 5 rings (SSSR count). The zero-order valence-electron chi connectivity index (χ0n) is 25.4. The fraction of sp³-hybridized carbons (Fsp3) is 0.194. The number of primary amides is 1. The number of likely N-dealkylation sites (N-methyl/N-ethyl adjacent to an activating group) is 1. The number of nitro groups is 1. The number of carbonyl (C=O) groups excluding carboxylic acids is 2. The average molecular weight is 658 g/mol. The summed E-state index contributed by atoms with van der Waals surface area (Å²) < 4.78 is 6.07. The van der Waals surface area contributed by atoms with Gasteiger partial charge in [0.15, 0.2) is 0 Å². The number of nitrogens with one attached hydrogen (secondary N) is 2. The Bertz CT molecular complexity index is 1950. The summed E-state index contributed by atoms with van der Waals surface area (Å²) in [7, 11) is 3.68. The van der Waals surface area contributed by atoms with Crippen molar-refractivity contribution in [2.75, 3.05) is 37.8 Å². The van der Waals surface area contributed by atoms with Gasteiger partial charge in [0.25, 0.3) is 5.91 Å². The molecule has 1 aliphatic rings. The highest BCUT2D eigenvalue weighted by Gasteiger charge is 2.35. The third-order valence-corrected chi connectivity index (χ3v) is 7.25. The molecule has 0 spiro atoms. The molecule has 15 nitrogen and oxygen atoms in total. The maximum absolute atomic E-state index is 12.7. The molecule has 0 unspecified atom stereocenters. The molecule has 47 heavy (non-hydrogen) atoms. The Kier molecular flexibility index (Phi) is 9.77. The topological polar surface area (TPSA) is 201 Å². The Morgan fingerprint density at radius 2 is 1.98 bits per heavy atom. The van der Waals surface area contributed by atoms with Gasteiger partial charge in [-0.3, -0.25) is 14.6 Å². The van der Waals surface area contributed by atoms with Gasteiger partial charge in [0.05, 0.1) is 55.1 Å². The number of carbonyl (C=O) groups is 2. The molecule has 0 radical (unpaired) electrons. The second kappa shape index (κ2) is 14.1. The number of anilines is 3. The van der Waals surface area contributed by atoms with Crippen molar-refractivity contribution in [2.24, 2.45) is 10.7 Å². The van der Waals surface area contributed by atoms with E-state index in [9.17, 15) is 19.7 Å². The quantitative estimate of drug-likeness (QED) is 0.0822. The van der Waals surface area contributed by atoms with Gasteiger partial charge in [0, 0.05) is 23.3 Å². The molecule has 3 aromatic heterocycles. The Balaban J connectivity index is 1.21. The standard InChI is InChI=1S/C31H29ClN10O5/c1-42(2,16-19-12-24(29(33)44)39-31(19)41(45)46)11-5-7-28(43)40-27-14-22-25(15-35-27)36-18-37-30(22)38-20-8-9-26(23(32)13-20)47-17-21-6-3-4-10-34-21/h3-10,13-15,18H,11-12,16-17H2,1-2H3,(H3-,33,35,36,37,38,39,40,43,44)/p+1/b7-5+. The second-order valence-corrected chi connectivity index (χ2v) is 11.5. The number of halogens is 1. The number of ether oxygens (including phenoxy) is 1.